The van der Waals surface area contributed by atoms with Gasteiger partial charge >= 0.3 is 0 Å². The molecule has 0 amide bonds. The molecule has 0 radical (unpaired) electrons. The van der Waals surface area contributed by atoms with Crippen LogP contribution in [0.3, 0.4) is 0 Å². The maximum absolute atomic E-state index is 11.4. The maximum atomic E-state index is 11.4. The third-order valence-electron chi connectivity index (χ3n) is 2.94. The van der Waals surface area contributed by atoms with E-state index in [-0.39, 0.29) is 11.5 Å². The Hall–Kier alpha value is -2.29. The molecule has 1 aromatic heterocycles. The summed E-state index contributed by atoms with van der Waals surface area (Å²) < 4.78 is 5.49. The molecular weight excluding hydrogens is 214 g/mol. The first-order valence-corrected chi connectivity index (χ1v) is 5.39. The summed E-state index contributed by atoms with van der Waals surface area (Å²) in [5.74, 6) is 0.0964. The highest BCUT2D eigenvalue weighted by Crippen LogP contribution is 2.34. The van der Waals surface area contributed by atoms with Crippen LogP contribution in [0.2, 0.25) is 0 Å². The van der Waals surface area contributed by atoms with Crippen molar-refractivity contribution in [2.75, 3.05) is 5.73 Å². The van der Waals surface area contributed by atoms with E-state index in [4.69, 9.17) is 10.2 Å². The second-order valence-corrected chi connectivity index (χ2v) is 4.06. The Morgan fingerprint density at radius 1 is 1.18 bits per heavy atom. The predicted octanol–water partition coefficient (Wildman–Crippen LogP) is 3.37. The number of fused-ring (bicyclic) bond motifs is 3. The van der Waals surface area contributed by atoms with Crippen molar-refractivity contribution in [1.29, 1.82) is 0 Å². The average Bonchev–Trinajstić information content (AvgIpc) is 2.67. The standard InChI is InChI=1S/C14H11NO2/c1-8(16)14-13(15)12-10-5-3-2-4-9(10)6-7-11(12)17-14/h2-7H,15H2,1H3. The van der Waals surface area contributed by atoms with E-state index < -0.39 is 0 Å². The number of nitrogen functional groups attached to an aromatic ring is 1. The molecule has 0 unspecified atom stereocenters. The summed E-state index contributed by atoms with van der Waals surface area (Å²) in [7, 11) is 0. The third-order valence-corrected chi connectivity index (χ3v) is 2.94. The molecule has 0 bridgehead atoms. The Morgan fingerprint density at radius 2 is 1.94 bits per heavy atom. The van der Waals surface area contributed by atoms with E-state index in [1.54, 1.807) is 0 Å². The number of benzene rings is 2. The summed E-state index contributed by atoms with van der Waals surface area (Å²) in [5.41, 5.74) is 7.08. The van der Waals surface area contributed by atoms with Crippen LogP contribution in [0.4, 0.5) is 5.69 Å². The largest absolute Gasteiger partial charge is 0.451 e. The number of ketones is 1. The Morgan fingerprint density at radius 3 is 2.71 bits per heavy atom. The van der Waals surface area contributed by atoms with Gasteiger partial charge in [-0.3, -0.25) is 4.79 Å². The van der Waals surface area contributed by atoms with Crippen LogP contribution in [0.5, 0.6) is 0 Å². The molecule has 2 aromatic carbocycles. The van der Waals surface area contributed by atoms with Crippen molar-refractivity contribution in [3.05, 3.63) is 42.2 Å². The molecule has 0 aliphatic carbocycles. The number of furan rings is 1. The Balaban J connectivity index is 2.53. The average molecular weight is 225 g/mol. The zero-order chi connectivity index (χ0) is 12.0. The quantitative estimate of drug-likeness (QED) is 0.646. The van der Waals surface area contributed by atoms with E-state index in [1.165, 1.54) is 6.92 Å². The van der Waals surface area contributed by atoms with Gasteiger partial charge in [0.2, 0.25) is 0 Å². The monoisotopic (exact) mass is 225 g/mol. The topological polar surface area (TPSA) is 56.2 Å². The van der Waals surface area contributed by atoms with E-state index in [0.717, 1.165) is 16.2 Å². The number of rotatable bonds is 1. The van der Waals surface area contributed by atoms with Gasteiger partial charge in [-0.05, 0) is 16.8 Å². The molecule has 0 atom stereocenters. The smallest absolute Gasteiger partial charge is 0.197 e. The number of hydrogen-bond acceptors (Lipinski definition) is 3. The van der Waals surface area contributed by atoms with Gasteiger partial charge in [0.1, 0.15) is 5.58 Å². The molecule has 1 heterocycles. The molecule has 0 saturated heterocycles. The lowest BCUT2D eigenvalue weighted by Gasteiger charge is -1.98. The summed E-state index contributed by atoms with van der Waals surface area (Å²) >= 11 is 0. The minimum absolute atomic E-state index is 0.150. The van der Waals surface area contributed by atoms with Crippen molar-refractivity contribution < 1.29 is 9.21 Å². The highest BCUT2D eigenvalue weighted by atomic mass is 16.3. The first kappa shape index (κ1) is 9.90. The molecule has 0 aliphatic heterocycles. The highest BCUT2D eigenvalue weighted by molar-refractivity contribution is 6.16. The normalized spacial score (nSPS) is 11.1. The predicted molar refractivity (Wildman–Crippen MR) is 68.1 cm³/mol. The van der Waals surface area contributed by atoms with Crippen LogP contribution in [-0.2, 0) is 0 Å². The summed E-state index contributed by atoms with van der Waals surface area (Å²) in [6.45, 7) is 1.45. The first-order chi connectivity index (χ1) is 8.18. The lowest BCUT2D eigenvalue weighted by molar-refractivity contribution is 0.0990. The van der Waals surface area contributed by atoms with Crippen LogP contribution in [0.25, 0.3) is 21.7 Å². The lowest BCUT2D eigenvalue weighted by atomic mass is 10.1. The number of anilines is 1. The Bertz CT molecular complexity index is 740. The number of hydrogen-bond donors (Lipinski definition) is 1. The van der Waals surface area contributed by atoms with Crippen LogP contribution in [-0.4, -0.2) is 5.78 Å². The van der Waals surface area contributed by atoms with Crippen molar-refractivity contribution in [2.24, 2.45) is 0 Å². The van der Waals surface area contributed by atoms with Crippen LogP contribution < -0.4 is 5.73 Å². The van der Waals surface area contributed by atoms with E-state index in [1.807, 2.05) is 36.4 Å². The number of nitrogens with two attached hydrogens (primary N) is 1. The molecule has 3 heteroatoms. The molecule has 3 rings (SSSR count). The number of Topliss-reactive ketones (excluding diaryl/α,β-unsaturated/α-hetero) is 1. The minimum Gasteiger partial charge on any atom is -0.451 e. The summed E-state index contributed by atoms with van der Waals surface area (Å²) in [6, 6.07) is 11.7. The first-order valence-electron chi connectivity index (χ1n) is 5.39. The van der Waals surface area contributed by atoms with Crippen molar-refractivity contribution in [3.63, 3.8) is 0 Å². The van der Waals surface area contributed by atoms with E-state index in [9.17, 15) is 4.79 Å². The van der Waals surface area contributed by atoms with Gasteiger partial charge in [0.15, 0.2) is 11.5 Å². The van der Waals surface area contributed by atoms with Crippen LogP contribution in [0, 0.1) is 0 Å². The van der Waals surface area contributed by atoms with Crippen molar-refractivity contribution in [1.82, 2.24) is 0 Å². The van der Waals surface area contributed by atoms with Gasteiger partial charge in [0.25, 0.3) is 0 Å². The summed E-state index contributed by atoms with van der Waals surface area (Å²) in [4.78, 5) is 11.4. The minimum atomic E-state index is -0.150. The molecule has 0 aliphatic rings. The van der Waals surface area contributed by atoms with E-state index in [2.05, 4.69) is 0 Å². The van der Waals surface area contributed by atoms with Gasteiger partial charge in [-0.2, -0.15) is 0 Å². The molecule has 3 nitrogen and oxygen atoms in total. The molecular formula is C14H11NO2. The fourth-order valence-corrected chi connectivity index (χ4v) is 2.15. The SMILES string of the molecule is CC(=O)c1oc2ccc3ccccc3c2c1N. The molecule has 17 heavy (non-hydrogen) atoms. The Kier molecular flexibility index (Phi) is 1.95. The van der Waals surface area contributed by atoms with Crippen LogP contribution >= 0.6 is 0 Å². The fraction of sp³-hybridized carbons (Fsp3) is 0.0714. The van der Waals surface area contributed by atoms with Gasteiger partial charge in [0, 0.05) is 6.92 Å². The molecule has 3 aromatic rings. The van der Waals surface area contributed by atoms with E-state index in [0.29, 0.717) is 11.3 Å². The second-order valence-electron chi connectivity index (χ2n) is 4.06. The fourth-order valence-electron chi connectivity index (χ4n) is 2.15. The third kappa shape index (κ3) is 1.32. The maximum Gasteiger partial charge on any atom is 0.197 e. The molecule has 0 spiro atoms. The lowest BCUT2D eigenvalue weighted by Crippen LogP contribution is -1.95. The highest BCUT2D eigenvalue weighted by Gasteiger charge is 2.16. The molecule has 2 N–H and O–H groups in total. The zero-order valence-electron chi connectivity index (χ0n) is 9.36. The van der Waals surface area contributed by atoms with Crippen molar-refractivity contribution in [2.45, 2.75) is 6.92 Å². The molecule has 84 valence electrons. The van der Waals surface area contributed by atoms with Crippen molar-refractivity contribution >= 4 is 33.2 Å². The van der Waals surface area contributed by atoms with Gasteiger partial charge in [0.05, 0.1) is 11.1 Å². The zero-order valence-corrected chi connectivity index (χ0v) is 9.36. The number of carbonyl (C=O) groups excluding carboxylic acids is 1. The van der Waals surface area contributed by atoms with E-state index >= 15 is 0 Å². The van der Waals surface area contributed by atoms with Gasteiger partial charge in [-0.15, -0.1) is 0 Å². The molecule has 0 saturated carbocycles. The molecule has 0 fully saturated rings. The number of carbonyl (C=O) groups is 1. The Labute approximate surface area is 97.8 Å². The van der Waals surface area contributed by atoms with Crippen molar-refractivity contribution in [3.8, 4) is 0 Å². The van der Waals surface area contributed by atoms with Crippen LogP contribution in [0.15, 0.2) is 40.8 Å². The summed E-state index contributed by atoms with van der Waals surface area (Å²) in [5, 5.41) is 2.93. The van der Waals surface area contributed by atoms with Gasteiger partial charge in [-0.25, -0.2) is 0 Å². The van der Waals surface area contributed by atoms with Crippen LogP contribution in [0.1, 0.15) is 17.5 Å². The van der Waals surface area contributed by atoms with Gasteiger partial charge in [-0.1, -0.05) is 30.3 Å². The second kappa shape index (κ2) is 3.35. The van der Waals surface area contributed by atoms with Gasteiger partial charge < -0.3 is 10.2 Å². The summed E-state index contributed by atoms with van der Waals surface area (Å²) in [6.07, 6.45) is 0.